The molecule has 0 radical (unpaired) electrons. The summed E-state index contributed by atoms with van der Waals surface area (Å²) in [6.45, 7) is 3.59. The lowest BCUT2D eigenvalue weighted by Gasteiger charge is -2.27. The number of rotatable bonds is 5. The van der Waals surface area contributed by atoms with Crippen LogP contribution < -0.4 is 20.3 Å². The maximum absolute atomic E-state index is 12.2. The molecule has 2 fully saturated rings. The molecular weight excluding hydrogens is 406 g/mol. The van der Waals surface area contributed by atoms with E-state index in [9.17, 15) is 4.79 Å². The Balaban J connectivity index is 1.28. The minimum Gasteiger partial charge on any atom is -0.484 e. The summed E-state index contributed by atoms with van der Waals surface area (Å²) < 4.78 is 5.45. The van der Waals surface area contributed by atoms with E-state index in [1.54, 1.807) is 24.3 Å². The van der Waals surface area contributed by atoms with Gasteiger partial charge in [0.2, 0.25) is 5.95 Å². The predicted octanol–water partition coefficient (Wildman–Crippen LogP) is 1.95. The van der Waals surface area contributed by atoms with E-state index < -0.39 is 0 Å². The third kappa shape index (κ3) is 3.73. The Bertz CT molecular complexity index is 1110. The molecule has 2 aliphatic rings. The summed E-state index contributed by atoms with van der Waals surface area (Å²) in [5, 5.41) is 6.78. The highest BCUT2D eigenvalue weighted by atomic mass is 35.5. The second-order valence-corrected chi connectivity index (χ2v) is 7.91. The minimum atomic E-state index is -0.339. The van der Waals surface area contributed by atoms with Crippen LogP contribution in [0.3, 0.4) is 0 Å². The second kappa shape index (κ2) is 7.66. The largest absolute Gasteiger partial charge is 0.484 e. The molecule has 9 nitrogen and oxygen atoms in total. The van der Waals surface area contributed by atoms with Crippen LogP contribution >= 0.6 is 11.6 Å². The summed E-state index contributed by atoms with van der Waals surface area (Å²) in [6.07, 6.45) is 2.62. The number of nitrogens with one attached hydrogen (secondary N) is 2. The molecule has 2 saturated heterocycles. The Morgan fingerprint density at radius 2 is 2.13 bits per heavy atom. The number of aromatic nitrogens is 4. The number of aryl methyl sites for hydroxylation is 1. The number of hydrogen-bond donors (Lipinski definition) is 2. The first kappa shape index (κ1) is 19.0. The average Bonchev–Trinajstić information content (AvgIpc) is 3.37. The van der Waals surface area contributed by atoms with Crippen LogP contribution in [0, 0.1) is 6.92 Å². The van der Waals surface area contributed by atoms with E-state index in [0.717, 1.165) is 25.2 Å². The van der Waals surface area contributed by atoms with Gasteiger partial charge in [-0.15, -0.1) is 0 Å². The molecule has 2 aromatic heterocycles. The van der Waals surface area contributed by atoms with Gasteiger partial charge in [0, 0.05) is 30.2 Å². The third-order valence-corrected chi connectivity index (χ3v) is 5.59. The molecule has 4 heterocycles. The standard InChI is InChI=1S/C20H20ClN7O2/c1-11-18-19(27-20(24-11)28-9-13-6-14(28)7-22-13)23-8-16(26-18)25-17(29)10-30-15-4-2-12(21)3-5-15/h2-5,8,13-14,22H,6-7,9-10H2,1H3,(H,25,26,29). The van der Waals surface area contributed by atoms with E-state index >= 15 is 0 Å². The van der Waals surface area contributed by atoms with Gasteiger partial charge in [-0.1, -0.05) is 11.6 Å². The van der Waals surface area contributed by atoms with Crippen LogP contribution in [0.15, 0.2) is 30.5 Å². The summed E-state index contributed by atoms with van der Waals surface area (Å²) in [7, 11) is 0. The third-order valence-electron chi connectivity index (χ3n) is 5.33. The number of benzene rings is 1. The molecule has 5 rings (SSSR count). The number of amides is 1. The molecule has 2 N–H and O–H groups in total. The van der Waals surface area contributed by atoms with Crippen LogP contribution in [0.5, 0.6) is 5.75 Å². The zero-order valence-corrected chi connectivity index (χ0v) is 17.1. The highest BCUT2D eigenvalue weighted by Gasteiger charge is 2.39. The van der Waals surface area contributed by atoms with Gasteiger partial charge in [0.15, 0.2) is 18.1 Å². The smallest absolute Gasteiger partial charge is 0.263 e. The molecule has 2 atom stereocenters. The molecule has 2 bridgehead atoms. The number of anilines is 2. The van der Waals surface area contributed by atoms with Crippen LogP contribution in [-0.4, -0.2) is 57.6 Å². The van der Waals surface area contributed by atoms with Gasteiger partial charge in [-0.25, -0.2) is 15.0 Å². The maximum Gasteiger partial charge on any atom is 0.263 e. The molecule has 0 saturated carbocycles. The summed E-state index contributed by atoms with van der Waals surface area (Å²) in [4.78, 5) is 32.5. The van der Waals surface area contributed by atoms with Crippen LogP contribution in [0.2, 0.25) is 5.02 Å². The van der Waals surface area contributed by atoms with E-state index in [1.807, 2.05) is 6.92 Å². The average molecular weight is 426 g/mol. The lowest BCUT2D eigenvalue weighted by atomic mass is 10.2. The summed E-state index contributed by atoms with van der Waals surface area (Å²) in [6, 6.07) is 7.74. The van der Waals surface area contributed by atoms with Crippen LogP contribution in [-0.2, 0) is 4.79 Å². The number of hydrogen-bond acceptors (Lipinski definition) is 8. The fourth-order valence-corrected chi connectivity index (χ4v) is 4.01. The molecule has 10 heteroatoms. The predicted molar refractivity (Wildman–Crippen MR) is 113 cm³/mol. The monoisotopic (exact) mass is 425 g/mol. The molecule has 0 spiro atoms. The normalized spacial score (nSPS) is 20.0. The van der Waals surface area contributed by atoms with Gasteiger partial charge in [-0.2, -0.15) is 4.98 Å². The van der Waals surface area contributed by atoms with Gasteiger partial charge < -0.3 is 20.3 Å². The van der Waals surface area contributed by atoms with Crippen molar-refractivity contribution in [1.82, 2.24) is 25.3 Å². The fourth-order valence-electron chi connectivity index (χ4n) is 3.88. The van der Waals surface area contributed by atoms with Gasteiger partial charge in [0.05, 0.1) is 11.9 Å². The summed E-state index contributed by atoms with van der Waals surface area (Å²) >= 11 is 5.84. The first-order chi connectivity index (χ1) is 14.5. The van der Waals surface area contributed by atoms with Crippen molar-refractivity contribution in [3.8, 4) is 5.75 Å². The van der Waals surface area contributed by atoms with Gasteiger partial charge >= 0.3 is 0 Å². The van der Waals surface area contributed by atoms with Crippen molar-refractivity contribution in [3.63, 3.8) is 0 Å². The lowest BCUT2D eigenvalue weighted by Crippen LogP contribution is -2.44. The van der Waals surface area contributed by atoms with Crippen molar-refractivity contribution in [2.45, 2.75) is 25.4 Å². The van der Waals surface area contributed by atoms with Gasteiger partial charge in [-0.3, -0.25) is 4.79 Å². The molecule has 1 aromatic carbocycles. The molecule has 1 amide bonds. The topological polar surface area (TPSA) is 105 Å². The van der Waals surface area contributed by atoms with Crippen molar-refractivity contribution >= 4 is 40.4 Å². The van der Waals surface area contributed by atoms with E-state index in [-0.39, 0.29) is 12.5 Å². The number of fused-ring (bicyclic) bond motifs is 3. The zero-order valence-electron chi connectivity index (χ0n) is 16.3. The second-order valence-electron chi connectivity index (χ2n) is 7.47. The molecule has 2 aliphatic heterocycles. The van der Waals surface area contributed by atoms with Crippen molar-refractivity contribution < 1.29 is 9.53 Å². The molecular formula is C20H20ClN7O2. The number of ether oxygens (including phenoxy) is 1. The molecule has 0 aliphatic carbocycles. The van der Waals surface area contributed by atoms with E-state index in [2.05, 4.69) is 35.5 Å². The Labute approximate surface area is 177 Å². The van der Waals surface area contributed by atoms with Crippen LogP contribution in [0.25, 0.3) is 11.2 Å². The zero-order chi connectivity index (χ0) is 20.7. The van der Waals surface area contributed by atoms with Crippen molar-refractivity contribution in [1.29, 1.82) is 0 Å². The van der Waals surface area contributed by atoms with E-state index in [1.165, 1.54) is 6.20 Å². The van der Waals surface area contributed by atoms with Crippen molar-refractivity contribution in [3.05, 3.63) is 41.2 Å². The van der Waals surface area contributed by atoms with Crippen LogP contribution in [0.4, 0.5) is 11.8 Å². The lowest BCUT2D eigenvalue weighted by molar-refractivity contribution is -0.118. The Kier molecular flexibility index (Phi) is 4.84. The van der Waals surface area contributed by atoms with Gasteiger partial charge in [0.1, 0.15) is 11.3 Å². The molecule has 30 heavy (non-hydrogen) atoms. The number of nitrogens with zero attached hydrogens (tertiary/aromatic N) is 5. The minimum absolute atomic E-state index is 0.151. The Morgan fingerprint density at radius 3 is 2.87 bits per heavy atom. The Morgan fingerprint density at radius 1 is 1.30 bits per heavy atom. The van der Waals surface area contributed by atoms with Crippen LogP contribution in [0.1, 0.15) is 12.1 Å². The molecule has 3 aromatic rings. The SMILES string of the molecule is Cc1nc(N2CC3CC2CN3)nc2ncc(NC(=O)COc3ccc(Cl)cc3)nc12. The number of carbonyl (C=O) groups excluding carboxylic acids is 1. The van der Waals surface area contributed by atoms with E-state index in [0.29, 0.717) is 45.8 Å². The highest BCUT2D eigenvalue weighted by Crippen LogP contribution is 2.28. The number of carbonyl (C=O) groups is 1. The quantitative estimate of drug-likeness (QED) is 0.639. The maximum atomic E-state index is 12.2. The summed E-state index contributed by atoms with van der Waals surface area (Å²) in [5.41, 5.74) is 1.81. The highest BCUT2D eigenvalue weighted by molar-refractivity contribution is 6.30. The van der Waals surface area contributed by atoms with E-state index in [4.69, 9.17) is 16.3 Å². The summed E-state index contributed by atoms with van der Waals surface area (Å²) in [5.74, 6) is 1.24. The van der Waals surface area contributed by atoms with Crippen molar-refractivity contribution in [2.24, 2.45) is 0 Å². The number of halogens is 1. The Hall–Kier alpha value is -3.04. The first-order valence-electron chi connectivity index (χ1n) is 9.75. The van der Waals surface area contributed by atoms with Gasteiger partial charge in [0.25, 0.3) is 5.91 Å². The molecule has 154 valence electrons. The fraction of sp³-hybridized carbons (Fsp3) is 0.350. The van der Waals surface area contributed by atoms with Crippen molar-refractivity contribution in [2.75, 3.05) is 29.9 Å². The van der Waals surface area contributed by atoms with Gasteiger partial charge in [-0.05, 0) is 37.6 Å². The molecule has 2 unspecified atom stereocenters. The number of piperazine rings is 1. The first-order valence-corrected chi connectivity index (χ1v) is 10.1.